The topological polar surface area (TPSA) is 29.3 Å². The second-order valence-electron chi connectivity index (χ2n) is 3.55. The average molecular weight is 240 g/mol. The molecule has 1 aromatic carbocycles. The third-order valence-corrected chi connectivity index (χ3v) is 2.87. The Morgan fingerprint density at radius 2 is 1.94 bits per heavy atom. The molecule has 2 nitrogen and oxygen atoms in total. The van der Waals surface area contributed by atoms with Crippen molar-refractivity contribution in [2.75, 3.05) is 13.1 Å². The lowest BCUT2D eigenvalue weighted by molar-refractivity contribution is 0.267. The fraction of sp³-hybridized carbons (Fsp3) is 0.417. The maximum atomic E-state index is 13.7. The molecule has 0 radical (unpaired) electrons. The zero-order valence-electron chi connectivity index (χ0n) is 9.61. The van der Waals surface area contributed by atoms with Gasteiger partial charge in [-0.2, -0.15) is 0 Å². The summed E-state index contributed by atoms with van der Waals surface area (Å²) in [5.41, 5.74) is 6.27. The molecule has 0 fully saturated rings. The Balaban J connectivity index is 3.12. The summed E-state index contributed by atoms with van der Waals surface area (Å²) in [5, 5.41) is 0. The van der Waals surface area contributed by atoms with Gasteiger partial charge in [-0.25, -0.2) is 4.39 Å². The smallest absolute Gasteiger partial charge is 0.128 e. The van der Waals surface area contributed by atoms with Gasteiger partial charge in [-0.3, -0.25) is 4.90 Å². The number of nitrogens with zero attached hydrogens (tertiary/aromatic N) is 1. The minimum atomic E-state index is -0.314. The van der Waals surface area contributed by atoms with Gasteiger partial charge in [0.1, 0.15) is 5.82 Å². The maximum absolute atomic E-state index is 13.7. The molecule has 2 N–H and O–H groups in total. The Morgan fingerprint density at radius 3 is 2.38 bits per heavy atom. The van der Waals surface area contributed by atoms with Crippen LogP contribution in [0.5, 0.6) is 0 Å². The number of benzene rings is 1. The first-order valence-corrected chi connectivity index (χ1v) is 5.80. The fourth-order valence-corrected chi connectivity index (χ4v) is 2.09. The highest BCUT2D eigenvalue weighted by molar-refractivity contribution is 7.80. The van der Waals surface area contributed by atoms with Crippen LogP contribution in [0.3, 0.4) is 0 Å². The summed E-state index contributed by atoms with van der Waals surface area (Å²) in [6.07, 6.45) is 0. The van der Waals surface area contributed by atoms with Crippen molar-refractivity contribution in [2.45, 2.75) is 19.9 Å². The average Bonchev–Trinajstić information content (AvgIpc) is 2.27. The number of hydrogen-bond donors (Lipinski definition) is 1. The maximum Gasteiger partial charge on any atom is 0.128 e. The number of nitrogens with two attached hydrogens (primary N) is 1. The van der Waals surface area contributed by atoms with E-state index in [9.17, 15) is 4.39 Å². The summed E-state index contributed by atoms with van der Waals surface area (Å²) >= 11 is 5.04. The zero-order valence-corrected chi connectivity index (χ0v) is 10.4. The Kier molecular flexibility index (Phi) is 4.83. The van der Waals surface area contributed by atoms with Gasteiger partial charge in [0, 0.05) is 5.56 Å². The van der Waals surface area contributed by atoms with Gasteiger partial charge in [0.2, 0.25) is 0 Å². The highest BCUT2D eigenvalue weighted by Gasteiger charge is 2.23. The van der Waals surface area contributed by atoms with Gasteiger partial charge in [0.25, 0.3) is 0 Å². The van der Waals surface area contributed by atoms with Gasteiger partial charge in [0.15, 0.2) is 0 Å². The molecule has 0 spiro atoms. The summed E-state index contributed by atoms with van der Waals surface area (Å²) in [6, 6.07) is 6.32. The number of rotatable bonds is 5. The second-order valence-corrected chi connectivity index (χ2v) is 4.02. The molecular weight excluding hydrogens is 223 g/mol. The largest absolute Gasteiger partial charge is 0.392 e. The van der Waals surface area contributed by atoms with E-state index >= 15 is 0 Å². The lowest BCUT2D eigenvalue weighted by Crippen LogP contribution is -2.37. The molecule has 16 heavy (non-hydrogen) atoms. The van der Waals surface area contributed by atoms with Gasteiger partial charge in [0.05, 0.1) is 11.0 Å². The van der Waals surface area contributed by atoms with Crippen molar-refractivity contribution in [1.82, 2.24) is 4.90 Å². The molecule has 0 saturated carbocycles. The summed E-state index contributed by atoms with van der Waals surface area (Å²) in [4.78, 5) is 2.36. The molecule has 0 aliphatic rings. The first-order valence-electron chi connectivity index (χ1n) is 5.39. The number of hydrogen-bond acceptors (Lipinski definition) is 2. The molecule has 1 aromatic rings. The lowest BCUT2D eigenvalue weighted by Gasteiger charge is -2.29. The first-order chi connectivity index (χ1) is 7.61. The van der Waals surface area contributed by atoms with Crippen molar-refractivity contribution in [2.24, 2.45) is 5.73 Å². The number of thiocarbonyl (C=S) groups is 1. The molecule has 1 rings (SSSR count). The van der Waals surface area contributed by atoms with E-state index in [2.05, 4.69) is 0 Å². The van der Waals surface area contributed by atoms with E-state index in [1.54, 1.807) is 18.2 Å². The van der Waals surface area contributed by atoms with Crippen LogP contribution in [0, 0.1) is 5.82 Å². The molecule has 88 valence electrons. The second kappa shape index (κ2) is 5.92. The van der Waals surface area contributed by atoms with E-state index in [1.807, 2.05) is 18.7 Å². The predicted octanol–water partition coefficient (Wildman–Crippen LogP) is 2.49. The van der Waals surface area contributed by atoms with Gasteiger partial charge in [-0.1, -0.05) is 44.3 Å². The molecule has 0 aliphatic heterocycles. The van der Waals surface area contributed by atoms with Crippen molar-refractivity contribution in [3.63, 3.8) is 0 Å². The molecule has 0 aliphatic carbocycles. The summed E-state index contributed by atoms with van der Waals surface area (Å²) in [6.45, 7) is 5.59. The van der Waals surface area contributed by atoms with Crippen LogP contribution in [0.1, 0.15) is 25.5 Å². The van der Waals surface area contributed by atoms with Gasteiger partial charge >= 0.3 is 0 Å². The van der Waals surface area contributed by atoms with Gasteiger partial charge < -0.3 is 5.73 Å². The number of likely N-dealkylation sites (N-methyl/N-ethyl adjacent to an activating group) is 1. The van der Waals surface area contributed by atoms with E-state index in [0.29, 0.717) is 10.6 Å². The Hall–Kier alpha value is -1.00. The summed E-state index contributed by atoms with van der Waals surface area (Å²) in [5.74, 6) is -0.257. The molecule has 0 bridgehead atoms. The number of halogens is 1. The SMILES string of the molecule is CCN(CC)C(C(N)=S)c1ccccc1F. The molecule has 1 unspecified atom stereocenters. The third-order valence-electron chi connectivity index (χ3n) is 2.65. The van der Waals surface area contributed by atoms with Crippen LogP contribution in [-0.4, -0.2) is 23.0 Å². The third kappa shape index (κ3) is 2.77. The van der Waals surface area contributed by atoms with Crippen molar-refractivity contribution in [1.29, 1.82) is 0 Å². The van der Waals surface area contributed by atoms with Crippen molar-refractivity contribution >= 4 is 17.2 Å². The van der Waals surface area contributed by atoms with E-state index in [4.69, 9.17) is 18.0 Å². The van der Waals surface area contributed by atoms with E-state index in [-0.39, 0.29) is 11.9 Å². The van der Waals surface area contributed by atoms with Crippen LogP contribution in [-0.2, 0) is 0 Å². The molecule has 4 heteroatoms. The lowest BCUT2D eigenvalue weighted by atomic mass is 10.0. The Bertz CT molecular complexity index is 364. The van der Waals surface area contributed by atoms with Crippen molar-refractivity contribution in [3.8, 4) is 0 Å². The molecule has 0 amide bonds. The quantitative estimate of drug-likeness (QED) is 0.802. The summed E-state index contributed by atoms with van der Waals surface area (Å²) in [7, 11) is 0. The molecular formula is C12H17FN2S. The fourth-order valence-electron chi connectivity index (χ4n) is 1.82. The Labute approximate surface area is 101 Å². The molecule has 1 atom stereocenters. The summed E-state index contributed by atoms with van der Waals surface area (Å²) < 4.78 is 13.7. The van der Waals surface area contributed by atoms with Gasteiger partial charge in [-0.05, 0) is 19.2 Å². The highest BCUT2D eigenvalue weighted by atomic mass is 32.1. The van der Waals surface area contributed by atoms with Crippen molar-refractivity contribution < 1.29 is 4.39 Å². The van der Waals surface area contributed by atoms with Crippen LogP contribution in [0.4, 0.5) is 4.39 Å². The van der Waals surface area contributed by atoms with Crippen LogP contribution in [0.2, 0.25) is 0 Å². The highest BCUT2D eigenvalue weighted by Crippen LogP contribution is 2.23. The minimum Gasteiger partial charge on any atom is -0.392 e. The molecule has 0 heterocycles. The van der Waals surface area contributed by atoms with Crippen LogP contribution in [0.15, 0.2) is 24.3 Å². The molecule has 0 aromatic heterocycles. The normalized spacial score (nSPS) is 12.8. The van der Waals surface area contributed by atoms with Crippen LogP contribution < -0.4 is 5.73 Å². The van der Waals surface area contributed by atoms with Gasteiger partial charge in [-0.15, -0.1) is 0 Å². The van der Waals surface area contributed by atoms with Crippen LogP contribution in [0.25, 0.3) is 0 Å². The van der Waals surface area contributed by atoms with E-state index < -0.39 is 0 Å². The van der Waals surface area contributed by atoms with Crippen LogP contribution >= 0.6 is 12.2 Å². The van der Waals surface area contributed by atoms with E-state index in [0.717, 1.165) is 13.1 Å². The standard InChI is InChI=1S/C12H17FN2S/c1-3-15(4-2)11(12(14)16)9-7-5-6-8-10(9)13/h5-8,11H,3-4H2,1-2H3,(H2,14,16). The minimum absolute atomic E-state index is 0.257. The Morgan fingerprint density at radius 1 is 1.38 bits per heavy atom. The first kappa shape index (κ1) is 13.1. The molecule has 0 saturated heterocycles. The zero-order chi connectivity index (χ0) is 12.1. The van der Waals surface area contributed by atoms with Crippen molar-refractivity contribution in [3.05, 3.63) is 35.6 Å². The van der Waals surface area contributed by atoms with E-state index in [1.165, 1.54) is 6.07 Å². The monoisotopic (exact) mass is 240 g/mol. The predicted molar refractivity (Wildman–Crippen MR) is 68.8 cm³/mol.